The second-order valence-corrected chi connectivity index (χ2v) is 6.24. The number of benzene rings is 2. The van der Waals surface area contributed by atoms with Gasteiger partial charge in [0.2, 0.25) is 5.91 Å². The molecule has 3 aromatic rings. The van der Waals surface area contributed by atoms with Gasteiger partial charge in [0.05, 0.1) is 4.92 Å². The van der Waals surface area contributed by atoms with E-state index in [-0.39, 0.29) is 23.9 Å². The van der Waals surface area contributed by atoms with Gasteiger partial charge in [-0.2, -0.15) is 0 Å². The SMILES string of the molecule is Cc1cc([N+](=O)[O-])cnc1NC(=O)CC(c1ccccc1)c1ccccc1. The van der Waals surface area contributed by atoms with E-state index >= 15 is 0 Å². The second-order valence-electron chi connectivity index (χ2n) is 6.24. The van der Waals surface area contributed by atoms with E-state index in [2.05, 4.69) is 10.3 Å². The van der Waals surface area contributed by atoms with Crippen LogP contribution in [0.3, 0.4) is 0 Å². The van der Waals surface area contributed by atoms with Gasteiger partial charge in [0.15, 0.2) is 0 Å². The fraction of sp³-hybridized carbons (Fsp3) is 0.143. The summed E-state index contributed by atoms with van der Waals surface area (Å²) in [6.07, 6.45) is 1.39. The molecule has 0 saturated carbocycles. The van der Waals surface area contributed by atoms with Crippen molar-refractivity contribution >= 4 is 17.4 Å². The van der Waals surface area contributed by atoms with Crippen molar-refractivity contribution in [2.24, 2.45) is 0 Å². The Bertz CT molecular complexity index is 904. The minimum atomic E-state index is -0.508. The lowest BCUT2D eigenvalue weighted by Crippen LogP contribution is -2.18. The molecule has 1 amide bonds. The molecular formula is C21H19N3O3. The third-order valence-corrected chi connectivity index (χ3v) is 4.33. The molecule has 1 N–H and O–H groups in total. The van der Waals surface area contributed by atoms with E-state index in [1.54, 1.807) is 6.92 Å². The summed E-state index contributed by atoms with van der Waals surface area (Å²) in [5, 5.41) is 13.6. The fourth-order valence-corrected chi connectivity index (χ4v) is 2.96. The molecular weight excluding hydrogens is 342 g/mol. The van der Waals surface area contributed by atoms with Crippen LogP contribution in [-0.4, -0.2) is 15.8 Å². The van der Waals surface area contributed by atoms with Crippen molar-refractivity contribution in [1.29, 1.82) is 0 Å². The van der Waals surface area contributed by atoms with Crippen LogP contribution in [0.1, 0.15) is 29.0 Å². The van der Waals surface area contributed by atoms with Crippen LogP contribution in [0.15, 0.2) is 72.9 Å². The number of aryl methyl sites for hydroxylation is 1. The van der Waals surface area contributed by atoms with E-state index in [0.717, 1.165) is 17.3 Å². The summed E-state index contributed by atoms with van der Waals surface area (Å²) in [6.45, 7) is 1.68. The first-order valence-electron chi connectivity index (χ1n) is 8.55. The zero-order valence-electron chi connectivity index (χ0n) is 14.8. The minimum Gasteiger partial charge on any atom is -0.310 e. The molecule has 0 radical (unpaired) electrons. The Labute approximate surface area is 157 Å². The maximum atomic E-state index is 12.7. The van der Waals surface area contributed by atoms with E-state index in [9.17, 15) is 14.9 Å². The highest BCUT2D eigenvalue weighted by Gasteiger charge is 2.19. The lowest BCUT2D eigenvalue weighted by molar-refractivity contribution is -0.385. The molecule has 0 fully saturated rings. The number of amides is 1. The molecule has 136 valence electrons. The molecule has 6 heteroatoms. The van der Waals surface area contributed by atoms with Gasteiger partial charge in [-0.25, -0.2) is 4.98 Å². The molecule has 0 unspecified atom stereocenters. The van der Waals surface area contributed by atoms with Crippen molar-refractivity contribution in [1.82, 2.24) is 4.98 Å². The lowest BCUT2D eigenvalue weighted by Gasteiger charge is -2.18. The summed E-state index contributed by atoms with van der Waals surface area (Å²) in [6, 6.07) is 21.1. The van der Waals surface area contributed by atoms with Gasteiger partial charge in [-0.15, -0.1) is 0 Å². The topological polar surface area (TPSA) is 85.1 Å². The molecule has 0 atom stereocenters. The molecule has 0 bridgehead atoms. The molecule has 0 aliphatic rings. The van der Waals surface area contributed by atoms with Crippen LogP contribution < -0.4 is 5.32 Å². The first-order chi connectivity index (χ1) is 13.0. The Morgan fingerprint density at radius 3 is 2.11 bits per heavy atom. The van der Waals surface area contributed by atoms with Crippen molar-refractivity contribution in [3.05, 3.63) is 99.7 Å². The molecule has 6 nitrogen and oxygen atoms in total. The number of aromatic nitrogens is 1. The Balaban J connectivity index is 1.80. The molecule has 3 rings (SSSR count). The Morgan fingerprint density at radius 2 is 1.63 bits per heavy atom. The Hall–Kier alpha value is -3.54. The van der Waals surface area contributed by atoms with Crippen molar-refractivity contribution in [2.75, 3.05) is 5.32 Å². The van der Waals surface area contributed by atoms with Gasteiger partial charge in [-0.05, 0) is 23.6 Å². The average Bonchev–Trinajstić information content (AvgIpc) is 2.69. The number of carbonyl (C=O) groups is 1. The third-order valence-electron chi connectivity index (χ3n) is 4.33. The van der Waals surface area contributed by atoms with Crippen LogP contribution in [0.5, 0.6) is 0 Å². The second kappa shape index (κ2) is 8.23. The zero-order chi connectivity index (χ0) is 19.2. The van der Waals surface area contributed by atoms with E-state index in [1.165, 1.54) is 6.07 Å². The fourth-order valence-electron chi connectivity index (χ4n) is 2.96. The van der Waals surface area contributed by atoms with Gasteiger partial charge in [0.1, 0.15) is 12.0 Å². The summed E-state index contributed by atoms with van der Waals surface area (Å²) in [7, 11) is 0. The van der Waals surface area contributed by atoms with Gasteiger partial charge in [-0.1, -0.05) is 60.7 Å². The predicted molar refractivity (Wildman–Crippen MR) is 104 cm³/mol. The molecule has 0 saturated heterocycles. The lowest BCUT2D eigenvalue weighted by atomic mass is 9.88. The van der Waals surface area contributed by atoms with Gasteiger partial charge < -0.3 is 5.32 Å². The Kier molecular flexibility index (Phi) is 5.56. The number of hydrogen-bond acceptors (Lipinski definition) is 4. The van der Waals surface area contributed by atoms with Crippen molar-refractivity contribution in [2.45, 2.75) is 19.3 Å². The first-order valence-corrected chi connectivity index (χ1v) is 8.55. The molecule has 0 aliphatic heterocycles. The number of anilines is 1. The molecule has 1 aromatic heterocycles. The number of nitro groups is 1. The molecule has 27 heavy (non-hydrogen) atoms. The van der Waals surface area contributed by atoms with E-state index < -0.39 is 4.92 Å². The summed E-state index contributed by atoms with van der Waals surface area (Å²) in [4.78, 5) is 27.0. The normalized spacial score (nSPS) is 10.6. The van der Waals surface area contributed by atoms with E-state index in [0.29, 0.717) is 11.4 Å². The van der Waals surface area contributed by atoms with Gasteiger partial charge >= 0.3 is 0 Å². The van der Waals surface area contributed by atoms with Crippen molar-refractivity contribution in [3.63, 3.8) is 0 Å². The van der Waals surface area contributed by atoms with Gasteiger partial charge in [0, 0.05) is 18.4 Å². The summed E-state index contributed by atoms with van der Waals surface area (Å²) >= 11 is 0. The smallest absolute Gasteiger partial charge is 0.287 e. The monoisotopic (exact) mass is 361 g/mol. The van der Waals surface area contributed by atoms with Crippen LogP contribution in [-0.2, 0) is 4.79 Å². The summed E-state index contributed by atoms with van der Waals surface area (Å²) < 4.78 is 0. The van der Waals surface area contributed by atoms with Gasteiger partial charge in [0.25, 0.3) is 5.69 Å². The van der Waals surface area contributed by atoms with E-state index in [4.69, 9.17) is 0 Å². The largest absolute Gasteiger partial charge is 0.310 e. The van der Waals surface area contributed by atoms with Crippen LogP contribution in [0.2, 0.25) is 0 Å². The minimum absolute atomic E-state index is 0.0919. The molecule has 1 heterocycles. The number of nitrogens with zero attached hydrogens (tertiary/aromatic N) is 2. The average molecular weight is 361 g/mol. The quantitative estimate of drug-likeness (QED) is 0.519. The zero-order valence-corrected chi connectivity index (χ0v) is 14.8. The number of rotatable bonds is 6. The van der Waals surface area contributed by atoms with E-state index in [1.807, 2.05) is 60.7 Å². The highest BCUT2D eigenvalue weighted by molar-refractivity contribution is 5.91. The molecule has 0 spiro atoms. The van der Waals surface area contributed by atoms with Crippen LogP contribution in [0, 0.1) is 17.0 Å². The highest BCUT2D eigenvalue weighted by atomic mass is 16.6. The highest BCUT2D eigenvalue weighted by Crippen LogP contribution is 2.28. The van der Waals surface area contributed by atoms with Crippen molar-refractivity contribution < 1.29 is 9.72 Å². The van der Waals surface area contributed by atoms with Crippen LogP contribution in [0.25, 0.3) is 0 Å². The third kappa shape index (κ3) is 4.55. The standard InChI is InChI=1S/C21H19N3O3/c1-15-12-18(24(26)27)14-22-21(15)23-20(25)13-19(16-8-4-2-5-9-16)17-10-6-3-7-11-17/h2-12,14,19H,13H2,1H3,(H,22,23,25). The maximum absolute atomic E-state index is 12.7. The maximum Gasteiger partial charge on any atom is 0.287 e. The number of pyridine rings is 1. The number of nitrogens with one attached hydrogen (secondary N) is 1. The predicted octanol–water partition coefficient (Wildman–Crippen LogP) is 4.46. The Morgan fingerprint density at radius 1 is 1.07 bits per heavy atom. The van der Waals surface area contributed by atoms with Crippen LogP contribution in [0.4, 0.5) is 11.5 Å². The number of carbonyl (C=O) groups excluding carboxylic acids is 1. The molecule has 2 aromatic carbocycles. The first kappa shape index (κ1) is 18.3. The van der Waals surface area contributed by atoms with Gasteiger partial charge in [-0.3, -0.25) is 14.9 Å². The van der Waals surface area contributed by atoms with Crippen molar-refractivity contribution in [3.8, 4) is 0 Å². The summed E-state index contributed by atoms with van der Waals surface area (Å²) in [5.41, 5.74) is 2.55. The molecule has 0 aliphatic carbocycles. The summed E-state index contributed by atoms with van der Waals surface area (Å²) in [5.74, 6) is 0.0494. The number of hydrogen-bond donors (Lipinski definition) is 1. The van der Waals surface area contributed by atoms with Crippen LogP contribution >= 0.6 is 0 Å².